The van der Waals surface area contributed by atoms with Crippen molar-refractivity contribution < 1.29 is 14.2 Å². The molecule has 38 heavy (non-hydrogen) atoms. The van der Waals surface area contributed by atoms with E-state index in [2.05, 4.69) is 17.9 Å². The van der Waals surface area contributed by atoms with Crippen LogP contribution >= 0.6 is 0 Å². The third kappa shape index (κ3) is 5.03. The first kappa shape index (κ1) is 25.6. The van der Waals surface area contributed by atoms with Crippen LogP contribution in [0.1, 0.15) is 30.9 Å². The normalized spacial score (nSPS) is 13.1. The van der Waals surface area contributed by atoms with E-state index in [1.165, 1.54) is 12.8 Å². The van der Waals surface area contributed by atoms with Crippen molar-refractivity contribution in [2.24, 2.45) is 0 Å². The molecule has 8 nitrogen and oxygen atoms in total. The van der Waals surface area contributed by atoms with Crippen molar-refractivity contribution in [2.45, 2.75) is 32.8 Å². The van der Waals surface area contributed by atoms with Gasteiger partial charge in [-0.15, -0.1) is 0 Å². The predicted molar refractivity (Wildman–Crippen MR) is 152 cm³/mol. The Balaban J connectivity index is 1.56. The van der Waals surface area contributed by atoms with Gasteiger partial charge in [0.15, 0.2) is 11.5 Å². The lowest BCUT2D eigenvalue weighted by atomic mass is 9.98. The molecule has 0 amide bonds. The van der Waals surface area contributed by atoms with Gasteiger partial charge in [0.05, 0.1) is 25.4 Å². The van der Waals surface area contributed by atoms with Crippen LogP contribution in [0.5, 0.6) is 17.5 Å². The fraction of sp³-hybridized carbons (Fsp3) is 0.367. The molecule has 3 heterocycles. The number of pyridine rings is 1. The highest BCUT2D eigenvalue weighted by Gasteiger charge is 2.21. The van der Waals surface area contributed by atoms with E-state index in [0.717, 1.165) is 64.4 Å². The van der Waals surface area contributed by atoms with Gasteiger partial charge in [-0.05, 0) is 66.8 Å². The average Bonchev–Trinajstić information content (AvgIpc) is 3.50. The van der Waals surface area contributed by atoms with Gasteiger partial charge in [0.1, 0.15) is 18.2 Å². The van der Waals surface area contributed by atoms with Crippen molar-refractivity contribution in [1.82, 2.24) is 15.0 Å². The van der Waals surface area contributed by atoms with Gasteiger partial charge in [-0.2, -0.15) is 9.97 Å². The van der Waals surface area contributed by atoms with Crippen molar-refractivity contribution >= 4 is 22.5 Å². The summed E-state index contributed by atoms with van der Waals surface area (Å²) in [5.74, 6) is 3.18. The summed E-state index contributed by atoms with van der Waals surface area (Å²) in [5, 5.41) is 0.995. The summed E-state index contributed by atoms with van der Waals surface area (Å²) in [6.45, 7) is 4.50. The first-order chi connectivity index (χ1) is 18.5. The number of anilines is 2. The molecule has 5 rings (SSSR count). The van der Waals surface area contributed by atoms with E-state index >= 15 is 0 Å². The number of aromatic nitrogens is 3. The number of hydrogen-bond acceptors (Lipinski definition) is 8. The highest BCUT2D eigenvalue weighted by Crippen LogP contribution is 2.36. The molecule has 0 saturated carbocycles. The minimum absolute atomic E-state index is 0.345. The van der Waals surface area contributed by atoms with Crippen LogP contribution in [0.15, 0.2) is 48.5 Å². The molecule has 0 bridgehead atoms. The Labute approximate surface area is 224 Å². The van der Waals surface area contributed by atoms with Crippen LogP contribution in [0.2, 0.25) is 0 Å². The summed E-state index contributed by atoms with van der Waals surface area (Å²) < 4.78 is 17.3. The highest BCUT2D eigenvalue weighted by atomic mass is 16.5. The second kappa shape index (κ2) is 11.1. The molecular formula is C30H35N5O3. The highest BCUT2D eigenvalue weighted by molar-refractivity contribution is 5.89. The lowest BCUT2D eigenvalue weighted by Gasteiger charge is -2.22. The number of benzene rings is 2. The summed E-state index contributed by atoms with van der Waals surface area (Å²) in [6.07, 6.45) is 3.15. The van der Waals surface area contributed by atoms with Crippen LogP contribution in [-0.4, -0.2) is 56.4 Å². The van der Waals surface area contributed by atoms with Crippen LogP contribution in [0.3, 0.4) is 0 Å². The monoisotopic (exact) mass is 513 g/mol. The Morgan fingerprint density at radius 3 is 2.37 bits per heavy atom. The Kier molecular flexibility index (Phi) is 7.49. The lowest BCUT2D eigenvalue weighted by molar-refractivity contribution is 0.281. The summed E-state index contributed by atoms with van der Waals surface area (Å²) in [7, 11) is 7.26. The molecule has 0 radical (unpaired) electrons. The van der Waals surface area contributed by atoms with E-state index in [1.807, 2.05) is 61.5 Å². The van der Waals surface area contributed by atoms with Gasteiger partial charge < -0.3 is 24.0 Å². The Morgan fingerprint density at radius 1 is 0.895 bits per heavy atom. The molecule has 2 aromatic carbocycles. The number of fused-ring (bicyclic) bond motifs is 1. The van der Waals surface area contributed by atoms with E-state index < -0.39 is 0 Å². The Bertz CT molecular complexity index is 1430. The van der Waals surface area contributed by atoms with Gasteiger partial charge in [-0.3, -0.25) is 0 Å². The summed E-state index contributed by atoms with van der Waals surface area (Å²) >= 11 is 0. The first-order valence-electron chi connectivity index (χ1n) is 13.1. The zero-order chi connectivity index (χ0) is 26.6. The molecule has 0 atom stereocenters. The number of ether oxygens (including phenoxy) is 3. The van der Waals surface area contributed by atoms with E-state index in [0.29, 0.717) is 24.1 Å². The van der Waals surface area contributed by atoms with Gasteiger partial charge >= 0.3 is 6.01 Å². The fourth-order valence-corrected chi connectivity index (χ4v) is 5.05. The molecule has 0 N–H and O–H groups in total. The number of methoxy groups -OCH3 is 2. The van der Waals surface area contributed by atoms with Crippen LogP contribution < -0.4 is 24.0 Å². The molecule has 1 saturated heterocycles. The number of para-hydroxylation sites is 1. The van der Waals surface area contributed by atoms with Gasteiger partial charge in [0, 0.05) is 38.1 Å². The maximum atomic E-state index is 6.28. The Hall–Kier alpha value is -4.07. The minimum Gasteiger partial charge on any atom is -0.493 e. The van der Waals surface area contributed by atoms with Crippen LogP contribution in [-0.2, 0) is 13.0 Å². The van der Waals surface area contributed by atoms with E-state index in [-0.39, 0.29) is 0 Å². The van der Waals surface area contributed by atoms with E-state index in [9.17, 15) is 0 Å². The minimum atomic E-state index is 0.345. The third-order valence-electron chi connectivity index (χ3n) is 6.99. The van der Waals surface area contributed by atoms with Crippen molar-refractivity contribution in [2.75, 3.05) is 51.2 Å². The first-order valence-corrected chi connectivity index (χ1v) is 13.1. The third-order valence-corrected chi connectivity index (χ3v) is 6.99. The smallest absolute Gasteiger partial charge is 0.319 e. The zero-order valence-electron chi connectivity index (χ0n) is 22.8. The number of rotatable bonds is 9. The van der Waals surface area contributed by atoms with Gasteiger partial charge in [-0.1, -0.05) is 19.1 Å². The molecule has 4 aromatic rings. The molecule has 198 valence electrons. The largest absolute Gasteiger partial charge is 0.493 e. The van der Waals surface area contributed by atoms with Crippen LogP contribution in [0.4, 0.5) is 11.6 Å². The van der Waals surface area contributed by atoms with Crippen LogP contribution in [0, 0.1) is 0 Å². The van der Waals surface area contributed by atoms with Crippen molar-refractivity contribution in [3.8, 4) is 28.8 Å². The molecule has 0 unspecified atom stereocenters. The zero-order valence-corrected chi connectivity index (χ0v) is 22.8. The number of hydrogen-bond donors (Lipinski definition) is 0. The van der Waals surface area contributed by atoms with Gasteiger partial charge in [-0.25, -0.2) is 4.98 Å². The van der Waals surface area contributed by atoms with E-state index in [1.54, 1.807) is 14.2 Å². The van der Waals surface area contributed by atoms with Crippen molar-refractivity contribution in [3.63, 3.8) is 0 Å². The average molecular weight is 514 g/mol. The van der Waals surface area contributed by atoms with Gasteiger partial charge in [0.25, 0.3) is 0 Å². The second-order valence-electron chi connectivity index (χ2n) is 9.61. The fourth-order valence-electron chi connectivity index (χ4n) is 5.05. The number of nitrogens with zero attached hydrogens (tertiary/aromatic N) is 5. The summed E-state index contributed by atoms with van der Waals surface area (Å²) in [4.78, 5) is 18.9. The maximum Gasteiger partial charge on any atom is 0.319 e. The topological polar surface area (TPSA) is 72.8 Å². The van der Waals surface area contributed by atoms with Crippen molar-refractivity contribution in [1.29, 1.82) is 0 Å². The summed E-state index contributed by atoms with van der Waals surface area (Å²) in [6, 6.07) is 16.5. The molecule has 0 aliphatic carbocycles. The molecule has 1 aliphatic heterocycles. The molecule has 0 spiro atoms. The maximum absolute atomic E-state index is 6.28. The van der Waals surface area contributed by atoms with E-state index in [4.69, 9.17) is 29.2 Å². The quantitative estimate of drug-likeness (QED) is 0.290. The summed E-state index contributed by atoms with van der Waals surface area (Å²) in [5.41, 5.74) is 4.99. The molecular weight excluding hydrogens is 478 g/mol. The standard InChI is InChI=1S/C30H35N5O3/c1-6-22-21(19-38-30-31-24-12-8-7-11-23(24)29(33-30)34(2)3)18-27(35-15-9-10-16-35)32-28(22)20-13-14-25(36-4)26(17-20)37-5/h7-8,11-14,17-18H,6,9-10,15-16,19H2,1-5H3. The molecule has 1 fully saturated rings. The molecule has 2 aromatic heterocycles. The van der Waals surface area contributed by atoms with Gasteiger partial charge in [0.2, 0.25) is 0 Å². The van der Waals surface area contributed by atoms with Crippen LogP contribution in [0.25, 0.3) is 22.2 Å². The lowest BCUT2D eigenvalue weighted by Crippen LogP contribution is -2.20. The second-order valence-corrected chi connectivity index (χ2v) is 9.61. The van der Waals surface area contributed by atoms with Crippen molar-refractivity contribution in [3.05, 3.63) is 59.7 Å². The predicted octanol–water partition coefficient (Wildman–Crippen LogP) is 5.52. The SMILES string of the molecule is CCc1c(COc2nc(N(C)C)c3ccccc3n2)cc(N2CCCC2)nc1-c1ccc(OC)c(OC)c1. The Morgan fingerprint density at radius 2 is 1.66 bits per heavy atom. The molecule has 8 heteroatoms. The molecule has 1 aliphatic rings.